The van der Waals surface area contributed by atoms with Gasteiger partial charge in [0.1, 0.15) is 0 Å². The van der Waals surface area contributed by atoms with E-state index >= 15 is 0 Å². The van der Waals surface area contributed by atoms with Gasteiger partial charge in [-0.1, -0.05) is 78.0 Å². The van der Waals surface area contributed by atoms with Gasteiger partial charge >= 0.3 is 0 Å². The van der Waals surface area contributed by atoms with Crippen LogP contribution in [0.4, 0.5) is 0 Å². The number of carbonyl (C=O) groups is 1. The van der Waals surface area contributed by atoms with Crippen LogP contribution in [0.1, 0.15) is 32.8 Å². The lowest BCUT2D eigenvalue weighted by molar-refractivity contribution is -0.120. The van der Waals surface area contributed by atoms with E-state index in [1.165, 1.54) is 22.3 Å². The van der Waals surface area contributed by atoms with Gasteiger partial charge in [-0.3, -0.25) is 4.79 Å². The first kappa shape index (κ1) is 19.1. The third-order valence-corrected chi connectivity index (χ3v) is 4.83. The average Bonchev–Trinajstić information content (AvgIpc) is 2.64. The van der Waals surface area contributed by atoms with E-state index in [0.717, 1.165) is 11.4 Å². The van der Waals surface area contributed by atoms with Crippen LogP contribution < -0.4 is 5.32 Å². The zero-order chi connectivity index (χ0) is 18.1. The minimum Gasteiger partial charge on any atom is -0.321 e. The number of nitrogens with one attached hydrogen (secondary N) is 1. The van der Waals surface area contributed by atoms with E-state index in [1.54, 1.807) is 11.8 Å². The Labute approximate surface area is 155 Å². The third-order valence-electron chi connectivity index (χ3n) is 3.65. The van der Waals surface area contributed by atoms with Gasteiger partial charge in [0.15, 0.2) is 0 Å². The molecule has 0 spiro atoms. The van der Waals surface area contributed by atoms with Gasteiger partial charge in [0, 0.05) is 6.42 Å². The maximum Gasteiger partial charge on any atom is 0.225 e. The summed E-state index contributed by atoms with van der Waals surface area (Å²) in [6, 6.07) is 18.7. The van der Waals surface area contributed by atoms with Crippen molar-refractivity contribution in [2.75, 3.05) is 0 Å². The van der Waals surface area contributed by atoms with E-state index in [2.05, 4.69) is 41.7 Å². The molecule has 0 aliphatic rings. The number of aryl methyl sites for hydroxylation is 1. The minimum absolute atomic E-state index is 0.0508. The highest BCUT2D eigenvalue weighted by atomic mass is 32.2. The summed E-state index contributed by atoms with van der Waals surface area (Å²) in [5, 5.41) is 5.89. The molecule has 0 atom stereocenters. The molecule has 0 unspecified atom stereocenters. The van der Waals surface area contributed by atoms with Gasteiger partial charge in [0.2, 0.25) is 5.91 Å². The number of hydrogen-bond acceptors (Lipinski definition) is 2. The lowest BCUT2D eigenvalue weighted by Crippen LogP contribution is -2.21. The molecule has 1 amide bonds. The van der Waals surface area contributed by atoms with Crippen molar-refractivity contribution in [2.45, 2.75) is 33.6 Å². The van der Waals surface area contributed by atoms with E-state index in [4.69, 9.17) is 0 Å². The van der Waals surface area contributed by atoms with Crippen molar-refractivity contribution in [3.63, 3.8) is 0 Å². The lowest BCUT2D eigenvalue weighted by atomic mass is 10.0. The first-order valence-electron chi connectivity index (χ1n) is 8.49. The van der Waals surface area contributed by atoms with E-state index < -0.39 is 0 Å². The molecule has 2 aromatic rings. The smallest absolute Gasteiger partial charge is 0.225 e. The molecule has 0 saturated heterocycles. The van der Waals surface area contributed by atoms with Gasteiger partial charge in [-0.15, -0.1) is 0 Å². The monoisotopic (exact) mass is 351 g/mol. The van der Waals surface area contributed by atoms with Crippen molar-refractivity contribution < 1.29 is 4.79 Å². The van der Waals surface area contributed by atoms with Crippen LogP contribution in [-0.2, 0) is 11.2 Å². The molecule has 130 valence electrons. The largest absolute Gasteiger partial charge is 0.321 e. The van der Waals surface area contributed by atoms with Crippen LogP contribution in [0.15, 0.2) is 76.7 Å². The van der Waals surface area contributed by atoms with Crippen LogP contribution in [0, 0.1) is 0 Å². The predicted octanol–water partition coefficient (Wildman–Crippen LogP) is 5.92. The molecule has 0 saturated carbocycles. The van der Waals surface area contributed by atoms with Crippen LogP contribution in [-0.4, -0.2) is 5.91 Å². The van der Waals surface area contributed by atoms with Crippen LogP contribution in [0.3, 0.4) is 0 Å². The van der Waals surface area contributed by atoms with Crippen molar-refractivity contribution >= 4 is 17.7 Å². The topological polar surface area (TPSA) is 29.1 Å². The first-order valence-corrected chi connectivity index (χ1v) is 9.37. The standard InChI is InChI=1S/C22H25NOS/c1-4-22(25-16-17(2)3)23-21(24)15-12-18-10-13-20(14-11-18)19-8-6-5-7-9-19/h4-11,13-14,16H,12,15H2,1-3H3,(H,23,24)/b22-4+. The summed E-state index contributed by atoms with van der Waals surface area (Å²) in [6.07, 6.45) is 3.15. The van der Waals surface area contributed by atoms with Crippen LogP contribution in [0.5, 0.6) is 0 Å². The quantitative estimate of drug-likeness (QED) is 0.671. The molecule has 2 nitrogen and oxygen atoms in total. The van der Waals surface area contributed by atoms with E-state index in [1.807, 2.05) is 50.5 Å². The van der Waals surface area contributed by atoms with Gasteiger partial charge in [-0.05, 0) is 49.3 Å². The summed E-state index contributed by atoms with van der Waals surface area (Å²) in [5.74, 6) is 0.0508. The molecule has 2 rings (SSSR count). The second-order valence-corrected chi connectivity index (χ2v) is 6.99. The van der Waals surface area contributed by atoms with E-state index in [-0.39, 0.29) is 5.91 Å². The normalized spacial score (nSPS) is 11.1. The zero-order valence-corrected chi connectivity index (χ0v) is 15.9. The minimum atomic E-state index is 0.0508. The van der Waals surface area contributed by atoms with Gasteiger partial charge in [0.25, 0.3) is 0 Å². The number of allylic oxidation sites excluding steroid dienone is 2. The summed E-state index contributed by atoms with van der Waals surface area (Å²) >= 11 is 1.55. The van der Waals surface area contributed by atoms with Crippen molar-refractivity contribution in [3.8, 4) is 11.1 Å². The van der Waals surface area contributed by atoms with Crippen LogP contribution >= 0.6 is 11.8 Å². The molecular formula is C22H25NOS. The Morgan fingerprint density at radius 3 is 2.24 bits per heavy atom. The number of carbonyl (C=O) groups excluding carboxylic acids is 1. The van der Waals surface area contributed by atoms with E-state index in [9.17, 15) is 4.79 Å². The number of benzene rings is 2. The van der Waals surface area contributed by atoms with E-state index in [0.29, 0.717) is 6.42 Å². The van der Waals surface area contributed by atoms with Crippen LogP contribution in [0.2, 0.25) is 0 Å². The molecule has 2 aromatic carbocycles. The molecule has 0 aliphatic carbocycles. The highest BCUT2D eigenvalue weighted by Crippen LogP contribution is 2.20. The van der Waals surface area contributed by atoms with Gasteiger partial charge < -0.3 is 5.32 Å². The SMILES string of the molecule is C/C=C(\NC(=O)CCc1ccc(-c2ccccc2)cc1)SC=C(C)C. The second kappa shape index (κ2) is 9.90. The Kier molecular flexibility index (Phi) is 7.55. The van der Waals surface area contributed by atoms with Gasteiger partial charge in [0.05, 0.1) is 5.03 Å². The number of hydrogen-bond donors (Lipinski definition) is 1. The highest BCUT2D eigenvalue weighted by Gasteiger charge is 2.05. The number of amides is 1. The Morgan fingerprint density at radius 2 is 1.64 bits per heavy atom. The predicted molar refractivity (Wildman–Crippen MR) is 109 cm³/mol. The maximum atomic E-state index is 12.1. The maximum absolute atomic E-state index is 12.1. The molecule has 0 aromatic heterocycles. The molecule has 0 fully saturated rings. The lowest BCUT2D eigenvalue weighted by Gasteiger charge is -2.08. The fourth-order valence-corrected chi connectivity index (χ4v) is 2.97. The van der Waals surface area contributed by atoms with Gasteiger partial charge in [-0.25, -0.2) is 0 Å². The average molecular weight is 352 g/mol. The molecule has 0 radical (unpaired) electrons. The molecule has 0 bridgehead atoms. The summed E-state index contributed by atoms with van der Waals surface area (Å²) in [7, 11) is 0. The molecule has 0 heterocycles. The first-order chi connectivity index (χ1) is 12.1. The second-order valence-electron chi connectivity index (χ2n) is 6.08. The summed E-state index contributed by atoms with van der Waals surface area (Å²) in [4.78, 5) is 12.1. The third kappa shape index (κ3) is 6.63. The summed E-state index contributed by atoms with van der Waals surface area (Å²) in [6.45, 7) is 6.02. The Balaban J connectivity index is 1.86. The summed E-state index contributed by atoms with van der Waals surface area (Å²) in [5.41, 5.74) is 4.80. The Bertz CT molecular complexity index is 741. The zero-order valence-electron chi connectivity index (χ0n) is 15.1. The molecule has 25 heavy (non-hydrogen) atoms. The Morgan fingerprint density at radius 1 is 1.00 bits per heavy atom. The molecule has 1 N–H and O–H groups in total. The van der Waals surface area contributed by atoms with Crippen molar-refractivity contribution in [1.82, 2.24) is 5.32 Å². The highest BCUT2D eigenvalue weighted by molar-refractivity contribution is 8.05. The van der Waals surface area contributed by atoms with Crippen molar-refractivity contribution in [3.05, 3.63) is 82.2 Å². The fraction of sp³-hybridized carbons (Fsp3) is 0.227. The summed E-state index contributed by atoms with van der Waals surface area (Å²) < 4.78 is 0. The molecular weight excluding hydrogens is 326 g/mol. The number of thioether (sulfide) groups is 1. The fourth-order valence-electron chi connectivity index (χ4n) is 2.30. The number of rotatable bonds is 7. The molecule has 3 heteroatoms. The van der Waals surface area contributed by atoms with Crippen molar-refractivity contribution in [1.29, 1.82) is 0 Å². The van der Waals surface area contributed by atoms with Crippen molar-refractivity contribution in [2.24, 2.45) is 0 Å². The van der Waals surface area contributed by atoms with Crippen LogP contribution in [0.25, 0.3) is 11.1 Å². The molecule has 0 aliphatic heterocycles. The Hall–Kier alpha value is -2.26. The van der Waals surface area contributed by atoms with Gasteiger partial charge in [-0.2, -0.15) is 0 Å².